The van der Waals surface area contributed by atoms with Gasteiger partial charge in [0.25, 0.3) is 5.91 Å². The number of carbonyl (C=O) groups is 1. The lowest BCUT2D eigenvalue weighted by Gasteiger charge is -2.39. The van der Waals surface area contributed by atoms with Gasteiger partial charge in [0.05, 0.1) is 19.2 Å². The van der Waals surface area contributed by atoms with Crippen LogP contribution in [-0.2, 0) is 0 Å². The molecule has 1 N–H and O–H groups in total. The minimum Gasteiger partial charge on any atom is -0.486 e. The number of amides is 1. The van der Waals surface area contributed by atoms with Crippen molar-refractivity contribution in [2.75, 3.05) is 13.1 Å². The summed E-state index contributed by atoms with van der Waals surface area (Å²) in [4.78, 5) is 28.7. The Kier molecular flexibility index (Phi) is 3.37. The zero-order valence-corrected chi connectivity index (χ0v) is 13.1. The fourth-order valence-corrected chi connectivity index (χ4v) is 2.88. The molecule has 1 fully saturated rings. The summed E-state index contributed by atoms with van der Waals surface area (Å²) in [7, 11) is 0. The second-order valence-corrected chi connectivity index (χ2v) is 5.95. The molecule has 1 saturated heterocycles. The number of hydrogen-bond donors (Lipinski definition) is 1. The van der Waals surface area contributed by atoms with E-state index >= 15 is 0 Å². The summed E-state index contributed by atoms with van der Waals surface area (Å²) in [5.41, 5.74) is 1.24. The Hall–Kier alpha value is -3.02. The molecule has 1 amide bonds. The number of H-pyrrole nitrogens is 1. The van der Waals surface area contributed by atoms with E-state index in [4.69, 9.17) is 9.15 Å². The number of likely N-dealkylation sites (tertiary alicyclic amines) is 1. The van der Waals surface area contributed by atoms with E-state index in [9.17, 15) is 9.59 Å². The number of nitrogens with one attached hydrogen (secondary N) is 1. The van der Waals surface area contributed by atoms with Gasteiger partial charge in [0, 0.05) is 28.7 Å². The summed E-state index contributed by atoms with van der Waals surface area (Å²) in [5.74, 6) is 0.973. The van der Waals surface area contributed by atoms with Crippen LogP contribution in [0.4, 0.5) is 0 Å². The van der Waals surface area contributed by atoms with Crippen molar-refractivity contribution in [1.82, 2.24) is 9.88 Å². The molecule has 122 valence electrons. The van der Waals surface area contributed by atoms with Gasteiger partial charge >= 0.3 is 5.63 Å². The topological polar surface area (TPSA) is 75.5 Å². The monoisotopic (exact) mass is 324 g/mol. The van der Waals surface area contributed by atoms with Gasteiger partial charge < -0.3 is 19.0 Å². The van der Waals surface area contributed by atoms with Crippen LogP contribution in [0.25, 0.3) is 10.9 Å². The van der Waals surface area contributed by atoms with Crippen LogP contribution in [0.2, 0.25) is 0 Å². The van der Waals surface area contributed by atoms with Crippen molar-refractivity contribution < 1.29 is 13.9 Å². The Morgan fingerprint density at radius 3 is 2.88 bits per heavy atom. The zero-order chi connectivity index (χ0) is 16.7. The van der Waals surface area contributed by atoms with Crippen LogP contribution in [0.1, 0.15) is 16.1 Å². The molecule has 1 aliphatic heterocycles. The molecule has 3 aromatic rings. The maximum atomic E-state index is 12.5. The van der Waals surface area contributed by atoms with E-state index in [1.54, 1.807) is 17.9 Å². The predicted molar refractivity (Wildman–Crippen MR) is 88.3 cm³/mol. The Balaban J connectivity index is 1.41. The van der Waals surface area contributed by atoms with Gasteiger partial charge in [-0.25, -0.2) is 4.79 Å². The Bertz CT molecular complexity index is 966. The van der Waals surface area contributed by atoms with Gasteiger partial charge in [-0.2, -0.15) is 0 Å². The number of carbonyl (C=O) groups excluding carboxylic acids is 1. The first-order valence-corrected chi connectivity index (χ1v) is 7.73. The number of aryl methyl sites for hydroxylation is 1. The van der Waals surface area contributed by atoms with Gasteiger partial charge in [-0.15, -0.1) is 0 Å². The highest BCUT2D eigenvalue weighted by Gasteiger charge is 2.33. The summed E-state index contributed by atoms with van der Waals surface area (Å²) in [5, 5.41) is 1.01. The molecule has 0 unspecified atom stereocenters. The summed E-state index contributed by atoms with van der Waals surface area (Å²) in [6.07, 6.45) is 1.75. The summed E-state index contributed by atoms with van der Waals surface area (Å²) < 4.78 is 10.6. The van der Waals surface area contributed by atoms with Crippen LogP contribution in [-0.4, -0.2) is 35.0 Å². The number of aromatic amines is 1. The number of fused-ring (bicyclic) bond motifs is 1. The van der Waals surface area contributed by atoms with Crippen molar-refractivity contribution in [3.63, 3.8) is 0 Å². The average Bonchev–Trinajstić information content (AvgIpc) is 2.96. The lowest BCUT2D eigenvalue weighted by atomic mass is 10.1. The summed E-state index contributed by atoms with van der Waals surface area (Å²) >= 11 is 0. The van der Waals surface area contributed by atoms with Crippen LogP contribution >= 0.6 is 0 Å². The highest BCUT2D eigenvalue weighted by atomic mass is 16.5. The maximum Gasteiger partial charge on any atom is 0.339 e. The van der Waals surface area contributed by atoms with Gasteiger partial charge in [-0.1, -0.05) is 0 Å². The summed E-state index contributed by atoms with van der Waals surface area (Å²) in [6.45, 7) is 2.70. The molecule has 1 aromatic carbocycles. The maximum absolute atomic E-state index is 12.5. The number of hydrogen-bond acceptors (Lipinski definition) is 4. The minimum atomic E-state index is -0.433. The number of ether oxygens (including phenoxy) is 1. The van der Waals surface area contributed by atoms with Crippen LogP contribution in [0.15, 0.2) is 51.8 Å². The average molecular weight is 324 g/mol. The molecular formula is C18H16N2O4. The van der Waals surface area contributed by atoms with Crippen molar-refractivity contribution in [3.8, 4) is 5.75 Å². The van der Waals surface area contributed by atoms with E-state index in [1.807, 2.05) is 30.5 Å². The standard InChI is InChI=1S/C18H16N2O4/c1-11-6-14(8-17(21)23-11)24-15-9-20(10-15)18(22)13-2-3-16-12(7-13)4-5-19-16/h2-8,15,19H,9-10H2,1H3. The third-order valence-corrected chi connectivity index (χ3v) is 4.11. The SMILES string of the molecule is Cc1cc(OC2CN(C(=O)c3ccc4[nH]ccc4c3)C2)cc(=O)o1. The van der Waals surface area contributed by atoms with Crippen LogP contribution in [0, 0.1) is 6.92 Å². The van der Waals surface area contributed by atoms with Gasteiger partial charge in [-0.3, -0.25) is 4.79 Å². The first kappa shape index (κ1) is 14.6. The van der Waals surface area contributed by atoms with Gasteiger partial charge in [0.15, 0.2) is 0 Å². The molecule has 0 radical (unpaired) electrons. The molecule has 0 saturated carbocycles. The van der Waals surface area contributed by atoms with Crippen molar-refractivity contribution in [3.05, 3.63) is 64.3 Å². The van der Waals surface area contributed by atoms with E-state index < -0.39 is 5.63 Å². The normalized spacial score (nSPS) is 14.6. The van der Waals surface area contributed by atoms with Crippen molar-refractivity contribution in [2.45, 2.75) is 13.0 Å². The Labute approximate surface area is 137 Å². The molecule has 0 atom stereocenters. The molecule has 2 aromatic heterocycles. The lowest BCUT2D eigenvalue weighted by molar-refractivity contribution is 0.0175. The van der Waals surface area contributed by atoms with Crippen molar-refractivity contribution in [2.24, 2.45) is 0 Å². The van der Waals surface area contributed by atoms with E-state index in [2.05, 4.69) is 4.98 Å². The largest absolute Gasteiger partial charge is 0.486 e. The van der Waals surface area contributed by atoms with E-state index in [0.29, 0.717) is 30.2 Å². The second-order valence-electron chi connectivity index (χ2n) is 5.95. The number of nitrogens with zero attached hydrogens (tertiary/aromatic N) is 1. The van der Waals surface area contributed by atoms with Gasteiger partial charge in [0.1, 0.15) is 17.6 Å². The van der Waals surface area contributed by atoms with E-state index in [0.717, 1.165) is 10.9 Å². The molecule has 24 heavy (non-hydrogen) atoms. The molecule has 0 spiro atoms. The molecule has 0 aliphatic carbocycles. The van der Waals surface area contributed by atoms with E-state index in [-0.39, 0.29) is 12.0 Å². The lowest BCUT2D eigenvalue weighted by Crippen LogP contribution is -2.56. The highest BCUT2D eigenvalue weighted by molar-refractivity contribution is 5.98. The molecule has 4 rings (SSSR count). The summed E-state index contributed by atoms with van der Waals surface area (Å²) in [6, 6.07) is 10.5. The molecular weight excluding hydrogens is 308 g/mol. The smallest absolute Gasteiger partial charge is 0.339 e. The second kappa shape index (κ2) is 5.56. The molecule has 6 nitrogen and oxygen atoms in total. The first-order chi connectivity index (χ1) is 11.6. The van der Waals surface area contributed by atoms with E-state index in [1.165, 1.54) is 6.07 Å². The Morgan fingerprint density at radius 1 is 1.25 bits per heavy atom. The van der Waals surface area contributed by atoms with Crippen LogP contribution in [0.3, 0.4) is 0 Å². The number of benzene rings is 1. The third kappa shape index (κ3) is 2.67. The molecule has 3 heterocycles. The minimum absolute atomic E-state index is 0.0123. The van der Waals surface area contributed by atoms with Crippen LogP contribution in [0.5, 0.6) is 5.75 Å². The molecule has 0 bridgehead atoms. The fraction of sp³-hybridized carbons (Fsp3) is 0.222. The Morgan fingerprint density at radius 2 is 2.08 bits per heavy atom. The number of rotatable bonds is 3. The van der Waals surface area contributed by atoms with Crippen LogP contribution < -0.4 is 10.4 Å². The molecule has 6 heteroatoms. The quantitative estimate of drug-likeness (QED) is 0.802. The first-order valence-electron chi connectivity index (χ1n) is 7.73. The van der Waals surface area contributed by atoms with Crippen molar-refractivity contribution in [1.29, 1.82) is 0 Å². The highest BCUT2D eigenvalue weighted by Crippen LogP contribution is 2.21. The fourth-order valence-electron chi connectivity index (χ4n) is 2.88. The zero-order valence-electron chi connectivity index (χ0n) is 13.1. The van der Waals surface area contributed by atoms with Crippen molar-refractivity contribution >= 4 is 16.8 Å². The molecule has 1 aliphatic rings. The predicted octanol–water partition coefficient (Wildman–Crippen LogP) is 2.33. The van der Waals surface area contributed by atoms with Gasteiger partial charge in [-0.05, 0) is 31.2 Å². The third-order valence-electron chi connectivity index (χ3n) is 4.11. The van der Waals surface area contributed by atoms with Gasteiger partial charge in [0.2, 0.25) is 0 Å². The number of aromatic nitrogens is 1.